The molecule has 1 heterocycles. The van der Waals surface area contributed by atoms with Crippen molar-refractivity contribution in [3.63, 3.8) is 0 Å². The van der Waals surface area contributed by atoms with E-state index in [-0.39, 0.29) is 11.5 Å². The topological polar surface area (TPSA) is 124 Å². The Labute approximate surface area is 173 Å². The van der Waals surface area contributed by atoms with Crippen LogP contribution in [-0.2, 0) is 33.3 Å². The Morgan fingerprint density at radius 2 is 1.47 bits per heavy atom. The Morgan fingerprint density at radius 1 is 0.900 bits per heavy atom. The molecule has 0 unspecified atom stereocenters. The number of hydrogen-bond acceptors (Lipinski definition) is 10. The van der Waals surface area contributed by atoms with Crippen molar-refractivity contribution in [1.29, 1.82) is 0 Å². The molecule has 0 bridgehead atoms. The fourth-order valence-electron chi connectivity index (χ4n) is 3.04. The second kappa shape index (κ2) is 10.1. The van der Waals surface area contributed by atoms with Crippen LogP contribution in [0.5, 0.6) is 11.5 Å². The van der Waals surface area contributed by atoms with Crippen molar-refractivity contribution in [2.75, 3.05) is 7.11 Å². The zero-order chi connectivity index (χ0) is 22.4. The first-order valence-corrected chi connectivity index (χ1v) is 9.13. The summed E-state index contributed by atoms with van der Waals surface area (Å²) in [5.41, 5.74) is 0.362. The van der Waals surface area contributed by atoms with Gasteiger partial charge in [-0.05, 0) is 25.1 Å². The van der Waals surface area contributed by atoms with Crippen molar-refractivity contribution < 1.29 is 47.6 Å². The highest BCUT2D eigenvalue weighted by Gasteiger charge is 2.51. The minimum absolute atomic E-state index is 0.199. The van der Waals surface area contributed by atoms with Crippen LogP contribution < -0.4 is 9.47 Å². The molecule has 1 saturated heterocycles. The van der Waals surface area contributed by atoms with Gasteiger partial charge in [0.1, 0.15) is 6.29 Å². The molecule has 30 heavy (non-hydrogen) atoms. The average Bonchev–Trinajstić information content (AvgIpc) is 2.67. The first-order chi connectivity index (χ1) is 14.2. The second-order valence-corrected chi connectivity index (χ2v) is 6.58. The van der Waals surface area contributed by atoms with Crippen molar-refractivity contribution in [3.8, 4) is 11.5 Å². The lowest BCUT2D eigenvalue weighted by molar-refractivity contribution is -0.280. The molecule has 0 aromatic heterocycles. The molecule has 0 saturated carbocycles. The molecule has 1 aliphatic heterocycles. The maximum Gasteiger partial charge on any atom is 0.303 e. The summed E-state index contributed by atoms with van der Waals surface area (Å²) in [4.78, 5) is 45.9. The van der Waals surface area contributed by atoms with Gasteiger partial charge in [-0.1, -0.05) is 0 Å². The van der Waals surface area contributed by atoms with Gasteiger partial charge in [0.2, 0.25) is 12.4 Å². The number of esters is 3. The summed E-state index contributed by atoms with van der Waals surface area (Å²) in [5, 5.41) is 0. The summed E-state index contributed by atoms with van der Waals surface area (Å²) < 4.78 is 32.8. The quantitative estimate of drug-likeness (QED) is 0.361. The lowest BCUT2D eigenvalue weighted by Crippen LogP contribution is -2.62. The Balaban J connectivity index is 2.41. The van der Waals surface area contributed by atoms with E-state index >= 15 is 0 Å². The second-order valence-electron chi connectivity index (χ2n) is 6.58. The number of carbonyl (C=O) groups excluding carboxylic acids is 4. The summed E-state index contributed by atoms with van der Waals surface area (Å²) in [7, 11) is 1.39. The molecule has 0 N–H and O–H groups in total. The summed E-state index contributed by atoms with van der Waals surface area (Å²) in [6.07, 6.45) is -4.80. The van der Waals surface area contributed by atoms with E-state index in [1.54, 1.807) is 6.92 Å². The van der Waals surface area contributed by atoms with Crippen molar-refractivity contribution in [1.82, 2.24) is 0 Å². The number of benzene rings is 1. The van der Waals surface area contributed by atoms with Crippen LogP contribution in [0.4, 0.5) is 0 Å². The van der Waals surface area contributed by atoms with Gasteiger partial charge < -0.3 is 28.4 Å². The minimum atomic E-state index is -1.25. The van der Waals surface area contributed by atoms with Crippen LogP contribution in [0.3, 0.4) is 0 Å². The lowest BCUT2D eigenvalue weighted by atomic mass is 9.99. The molecule has 1 aromatic rings. The zero-order valence-electron chi connectivity index (χ0n) is 17.3. The maximum absolute atomic E-state index is 11.7. The average molecular weight is 424 g/mol. The van der Waals surface area contributed by atoms with E-state index in [0.29, 0.717) is 11.8 Å². The van der Waals surface area contributed by atoms with Crippen LogP contribution in [0.25, 0.3) is 0 Å². The Hall–Kier alpha value is -3.14. The molecule has 2 rings (SSSR count). The van der Waals surface area contributed by atoms with Gasteiger partial charge >= 0.3 is 17.9 Å². The lowest BCUT2D eigenvalue weighted by Gasteiger charge is -2.43. The summed E-state index contributed by atoms with van der Waals surface area (Å²) >= 11 is 0. The van der Waals surface area contributed by atoms with Crippen LogP contribution in [0.15, 0.2) is 18.2 Å². The number of ether oxygens (including phenoxy) is 6. The predicted octanol–water partition coefficient (Wildman–Crippen LogP) is 1.43. The van der Waals surface area contributed by atoms with Crippen molar-refractivity contribution in [2.45, 2.75) is 58.4 Å². The van der Waals surface area contributed by atoms with Gasteiger partial charge in [-0.3, -0.25) is 19.2 Å². The van der Waals surface area contributed by atoms with Gasteiger partial charge in [-0.15, -0.1) is 0 Å². The molecule has 5 atom stereocenters. The molecule has 1 fully saturated rings. The van der Waals surface area contributed by atoms with Crippen molar-refractivity contribution >= 4 is 24.2 Å². The number of methoxy groups -OCH3 is 1. The third-order valence-corrected chi connectivity index (χ3v) is 4.20. The van der Waals surface area contributed by atoms with Crippen LogP contribution in [0.1, 0.15) is 38.1 Å². The smallest absolute Gasteiger partial charge is 0.303 e. The van der Waals surface area contributed by atoms with E-state index in [0.717, 1.165) is 0 Å². The Morgan fingerprint density at radius 3 is 2.00 bits per heavy atom. The number of aldehydes is 1. The fraction of sp³-hybridized carbons (Fsp3) is 0.500. The van der Waals surface area contributed by atoms with Crippen LogP contribution in [0.2, 0.25) is 0 Å². The van der Waals surface area contributed by atoms with E-state index in [1.807, 2.05) is 0 Å². The van der Waals surface area contributed by atoms with Gasteiger partial charge in [0.05, 0.1) is 13.2 Å². The molecule has 10 heteroatoms. The van der Waals surface area contributed by atoms with Crippen molar-refractivity contribution in [2.24, 2.45) is 0 Å². The maximum atomic E-state index is 11.7. The number of carbonyl (C=O) groups is 4. The zero-order valence-corrected chi connectivity index (χ0v) is 17.3. The first kappa shape index (κ1) is 23.1. The molecule has 164 valence electrons. The van der Waals surface area contributed by atoms with Crippen LogP contribution in [-0.4, -0.2) is 62.0 Å². The van der Waals surface area contributed by atoms with Crippen LogP contribution in [0, 0.1) is 0 Å². The van der Waals surface area contributed by atoms with E-state index in [2.05, 4.69) is 0 Å². The fourth-order valence-corrected chi connectivity index (χ4v) is 3.04. The molecule has 0 radical (unpaired) electrons. The highest BCUT2D eigenvalue weighted by atomic mass is 16.7. The Kier molecular flexibility index (Phi) is 7.76. The van der Waals surface area contributed by atoms with Gasteiger partial charge in [-0.2, -0.15) is 0 Å². The summed E-state index contributed by atoms with van der Waals surface area (Å²) in [5.74, 6) is -1.54. The minimum Gasteiger partial charge on any atom is -0.493 e. The molecule has 0 aliphatic carbocycles. The molecule has 1 aliphatic rings. The highest BCUT2D eigenvalue weighted by Crippen LogP contribution is 2.34. The van der Waals surface area contributed by atoms with E-state index in [9.17, 15) is 19.2 Å². The van der Waals surface area contributed by atoms with Crippen molar-refractivity contribution in [3.05, 3.63) is 23.8 Å². The Bertz CT molecular complexity index is 805. The van der Waals surface area contributed by atoms with E-state index in [4.69, 9.17) is 28.4 Å². The monoisotopic (exact) mass is 424 g/mol. The molecule has 0 spiro atoms. The molecular formula is C20H24O10. The largest absolute Gasteiger partial charge is 0.493 e. The van der Waals surface area contributed by atoms with Crippen LogP contribution >= 0.6 is 0 Å². The molecular weight excluding hydrogens is 400 g/mol. The standard InChI is InChI=1S/C20H24O10/c1-10-17(27-11(2)22)18(28-12(3)23)19(29-13(4)24)20(26-10)30-15-7-6-14(9-21)8-16(15)25-5/h6-10,17-20H,1-5H3/t10-,17-,18+,19-,20+/m1/s1. The van der Waals surface area contributed by atoms with Gasteiger partial charge in [0, 0.05) is 26.3 Å². The summed E-state index contributed by atoms with van der Waals surface area (Å²) in [6.45, 7) is 5.13. The number of hydrogen-bond donors (Lipinski definition) is 0. The highest BCUT2D eigenvalue weighted by molar-refractivity contribution is 5.76. The SMILES string of the molecule is COc1cc(C=O)ccc1O[C@@H]1O[C@H](C)[C@@H](OC(C)=O)[C@H](OC(C)=O)[C@H]1OC(C)=O. The molecule has 10 nitrogen and oxygen atoms in total. The van der Waals surface area contributed by atoms with E-state index in [1.165, 1.54) is 46.1 Å². The normalized spacial score (nSPS) is 25.6. The summed E-state index contributed by atoms with van der Waals surface area (Å²) in [6, 6.07) is 4.45. The van der Waals surface area contributed by atoms with E-state index < -0.39 is 48.6 Å². The predicted molar refractivity (Wildman–Crippen MR) is 100 cm³/mol. The third-order valence-electron chi connectivity index (χ3n) is 4.20. The molecule has 1 aromatic carbocycles. The molecule has 0 amide bonds. The number of rotatable bonds is 7. The first-order valence-electron chi connectivity index (χ1n) is 9.13. The van der Waals surface area contributed by atoms with Gasteiger partial charge in [-0.25, -0.2) is 0 Å². The third kappa shape index (κ3) is 5.69. The van der Waals surface area contributed by atoms with Gasteiger partial charge in [0.15, 0.2) is 23.7 Å². The van der Waals surface area contributed by atoms with Gasteiger partial charge in [0.25, 0.3) is 0 Å².